The summed E-state index contributed by atoms with van der Waals surface area (Å²) >= 11 is 0. The summed E-state index contributed by atoms with van der Waals surface area (Å²) in [4.78, 5) is 33.8. The van der Waals surface area contributed by atoms with Gasteiger partial charge in [0.1, 0.15) is 5.82 Å². The van der Waals surface area contributed by atoms with E-state index < -0.39 is 54.3 Å². The highest BCUT2D eigenvalue weighted by atomic mass is 19.3. The van der Waals surface area contributed by atoms with Crippen LogP contribution in [0.1, 0.15) is 91.7 Å². The number of hydrogen-bond donors (Lipinski definition) is 3. The molecule has 2 atom stereocenters. The number of nitrogens with zero attached hydrogens (tertiary/aromatic N) is 3. The Morgan fingerprint density at radius 2 is 1.69 bits per heavy atom. The molecule has 3 N–H and O–H groups in total. The standard InChI is InChI=1S/C29H32F6N6O4/c30-20(31)13-44-27-24(40-45-41-27)26(43)39-23(16-5-7-28(32,33)8-6-16)25-36-18-4-3-17(10-19(18)37-25)22(15-1-2-15)38-21(42)9-14-11-29(34,35)12-14/h3-4,10,14-16,20,22-23H,1-2,5-9,11-13H2,(H,36,37)(H,38,42)(H,39,43). The first-order valence-corrected chi connectivity index (χ1v) is 14.9. The monoisotopic (exact) mass is 642 g/mol. The number of halogens is 6. The highest BCUT2D eigenvalue weighted by Gasteiger charge is 2.46. The molecular weight excluding hydrogens is 610 g/mol. The molecule has 0 radical (unpaired) electrons. The fourth-order valence-corrected chi connectivity index (χ4v) is 6.28. The number of carbonyl (C=O) groups excluding carboxylic acids is 2. The molecule has 3 aromatic rings. The number of imidazole rings is 1. The molecule has 3 fully saturated rings. The zero-order chi connectivity index (χ0) is 31.9. The molecule has 0 spiro atoms. The molecule has 2 heterocycles. The van der Waals surface area contributed by atoms with Crippen LogP contribution in [0.5, 0.6) is 5.88 Å². The maximum atomic E-state index is 14.0. The van der Waals surface area contributed by atoms with E-state index in [1.165, 1.54) is 0 Å². The predicted octanol–water partition coefficient (Wildman–Crippen LogP) is 5.89. The van der Waals surface area contributed by atoms with Crippen LogP contribution in [0.4, 0.5) is 26.3 Å². The first-order valence-electron chi connectivity index (χ1n) is 14.9. The Bertz CT molecular complexity index is 1520. The molecule has 16 heteroatoms. The Labute approximate surface area is 253 Å². The van der Waals surface area contributed by atoms with Crippen LogP contribution >= 0.6 is 0 Å². The fraction of sp³-hybridized carbons (Fsp3) is 0.621. The smallest absolute Gasteiger partial charge is 0.289 e. The van der Waals surface area contributed by atoms with Crippen molar-refractivity contribution in [3.05, 3.63) is 35.3 Å². The summed E-state index contributed by atoms with van der Waals surface area (Å²) in [6, 6.07) is 4.17. The molecule has 1 aromatic carbocycles. The van der Waals surface area contributed by atoms with E-state index in [0.29, 0.717) is 11.0 Å². The molecule has 244 valence electrons. The van der Waals surface area contributed by atoms with Gasteiger partial charge in [0.15, 0.2) is 6.61 Å². The number of fused-ring (bicyclic) bond motifs is 1. The second kappa shape index (κ2) is 12.2. The van der Waals surface area contributed by atoms with Gasteiger partial charge < -0.3 is 20.4 Å². The van der Waals surface area contributed by atoms with E-state index in [1.54, 1.807) is 12.1 Å². The van der Waals surface area contributed by atoms with Crippen LogP contribution in [0.25, 0.3) is 11.0 Å². The minimum absolute atomic E-state index is 0.0331. The predicted molar refractivity (Wildman–Crippen MR) is 145 cm³/mol. The third-order valence-electron chi connectivity index (χ3n) is 8.78. The van der Waals surface area contributed by atoms with Crippen molar-refractivity contribution >= 4 is 22.8 Å². The lowest BCUT2D eigenvalue weighted by Gasteiger charge is -2.34. The summed E-state index contributed by atoms with van der Waals surface area (Å²) in [5.74, 6) is -7.53. The lowest BCUT2D eigenvalue weighted by atomic mass is 9.79. The van der Waals surface area contributed by atoms with Crippen LogP contribution in [0, 0.1) is 17.8 Å². The van der Waals surface area contributed by atoms with Crippen molar-refractivity contribution in [3.63, 3.8) is 0 Å². The summed E-state index contributed by atoms with van der Waals surface area (Å²) in [7, 11) is 0. The maximum absolute atomic E-state index is 14.0. The lowest BCUT2D eigenvalue weighted by Crippen LogP contribution is -2.39. The number of aromatic amines is 1. The van der Waals surface area contributed by atoms with Gasteiger partial charge in [0.25, 0.3) is 18.2 Å². The van der Waals surface area contributed by atoms with Crippen LogP contribution in [-0.4, -0.2) is 57.0 Å². The number of amides is 2. The van der Waals surface area contributed by atoms with Crippen LogP contribution < -0.4 is 15.4 Å². The van der Waals surface area contributed by atoms with Crippen molar-refractivity contribution in [1.29, 1.82) is 0 Å². The van der Waals surface area contributed by atoms with Crippen molar-refractivity contribution in [1.82, 2.24) is 30.9 Å². The van der Waals surface area contributed by atoms with Crippen LogP contribution in [0.2, 0.25) is 0 Å². The third kappa shape index (κ3) is 7.35. The number of carbonyl (C=O) groups is 2. The first kappa shape index (κ1) is 31.1. The first-order chi connectivity index (χ1) is 21.4. The number of rotatable bonds is 12. The van der Waals surface area contributed by atoms with E-state index in [1.807, 2.05) is 6.07 Å². The average molecular weight is 643 g/mol. The number of ether oxygens (including phenoxy) is 1. The van der Waals surface area contributed by atoms with Crippen molar-refractivity contribution in [2.45, 2.75) is 88.1 Å². The molecule has 3 saturated carbocycles. The SMILES string of the molecule is O=C(CC1CC(F)(F)C1)NC(c1ccc2[nH]c(C(NC(=O)c3nonc3OCC(F)F)C3CCC(F)(F)CC3)nc2c1)C1CC1. The molecule has 2 aromatic heterocycles. The van der Waals surface area contributed by atoms with Gasteiger partial charge >= 0.3 is 0 Å². The van der Waals surface area contributed by atoms with Crippen molar-refractivity contribution in [2.24, 2.45) is 17.8 Å². The van der Waals surface area contributed by atoms with Crippen molar-refractivity contribution in [2.75, 3.05) is 6.61 Å². The van der Waals surface area contributed by atoms with Gasteiger partial charge in [-0.15, -0.1) is 0 Å². The maximum Gasteiger partial charge on any atom is 0.289 e. The minimum atomic E-state index is -2.83. The van der Waals surface area contributed by atoms with Gasteiger partial charge in [-0.1, -0.05) is 6.07 Å². The Kier molecular flexibility index (Phi) is 8.41. The summed E-state index contributed by atoms with van der Waals surface area (Å²) in [6.45, 7) is -1.04. The van der Waals surface area contributed by atoms with Gasteiger partial charge in [0, 0.05) is 32.1 Å². The van der Waals surface area contributed by atoms with Crippen molar-refractivity contribution < 1.29 is 45.3 Å². The van der Waals surface area contributed by atoms with Crippen LogP contribution in [0.15, 0.2) is 22.8 Å². The van der Waals surface area contributed by atoms with E-state index in [2.05, 4.69) is 35.5 Å². The number of aromatic nitrogens is 4. The number of alkyl halides is 6. The highest BCUT2D eigenvalue weighted by molar-refractivity contribution is 5.94. The number of hydrogen-bond acceptors (Lipinski definition) is 7. The zero-order valence-electron chi connectivity index (χ0n) is 24.0. The molecule has 0 saturated heterocycles. The number of nitrogens with one attached hydrogen (secondary N) is 3. The lowest BCUT2D eigenvalue weighted by molar-refractivity contribution is -0.134. The van der Waals surface area contributed by atoms with Gasteiger partial charge in [0.05, 0.1) is 23.1 Å². The molecule has 0 bridgehead atoms. The van der Waals surface area contributed by atoms with Gasteiger partial charge in [-0.3, -0.25) is 9.59 Å². The molecule has 2 amide bonds. The quantitative estimate of drug-likeness (QED) is 0.210. The molecule has 3 aliphatic rings. The average Bonchev–Trinajstić information content (AvgIpc) is 3.53. The normalized spacial score (nSPS) is 21.3. The van der Waals surface area contributed by atoms with Gasteiger partial charge in [-0.25, -0.2) is 36.0 Å². The van der Waals surface area contributed by atoms with Gasteiger partial charge in [-0.05, 0) is 71.4 Å². The molecule has 6 rings (SSSR count). The van der Waals surface area contributed by atoms with Gasteiger partial charge in [-0.2, -0.15) is 0 Å². The van der Waals surface area contributed by atoms with Crippen LogP contribution in [0.3, 0.4) is 0 Å². The highest BCUT2D eigenvalue weighted by Crippen LogP contribution is 2.45. The van der Waals surface area contributed by atoms with Crippen LogP contribution in [-0.2, 0) is 4.79 Å². The van der Waals surface area contributed by atoms with E-state index in [-0.39, 0.29) is 74.6 Å². The Balaban J connectivity index is 1.22. The zero-order valence-corrected chi connectivity index (χ0v) is 24.0. The summed E-state index contributed by atoms with van der Waals surface area (Å²) in [5.41, 5.74) is 1.40. The fourth-order valence-electron chi connectivity index (χ4n) is 6.28. The van der Waals surface area contributed by atoms with E-state index in [4.69, 9.17) is 4.74 Å². The molecule has 10 nitrogen and oxygen atoms in total. The number of H-pyrrole nitrogens is 1. The summed E-state index contributed by atoms with van der Waals surface area (Å²) < 4.78 is 89.2. The molecular formula is C29H32F6N6O4. The van der Waals surface area contributed by atoms with Crippen molar-refractivity contribution in [3.8, 4) is 5.88 Å². The molecule has 45 heavy (non-hydrogen) atoms. The molecule has 0 aliphatic heterocycles. The Hall–Kier alpha value is -3.85. The topological polar surface area (TPSA) is 135 Å². The summed E-state index contributed by atoms with van der Waals surface area (Å²) in [5, 5.41) is 12.6. The Morgan fingerprint density at radius 3 is 2.36 bits per heavy atom. The summed E-state index contributed by atoms with van der Waals surface area (Å²) in [6.07, 6.45) is -2.19. The largest absolute Gasteiger partial charge is 0.468 e. The second-order valence-electron chi connectivity index (χ2n) is 12.4. The number of benzene rings is 1. The van der Waals surface area contributed by atoms with Gasteiger partial charge in [0.2, 0.25) is 23.4 Å². The third-order valence-corrected chi connectivity index (χ3v) is 8.78. The second-order valence-corrected chi connectivity index (χ2v) is 12.4. The minimum Gasteiger partial charge on any atom is -0.468 e. The van der Waals surface area contributed by atoms with E-state index >= 15 is 0 Å². The molecule has 2 unspecified atom stereocenters. The van der Waals surface area contributed by atoms with E-state index in [9.17, 15) is 35.9 Å². The van der Waals surface area contributed by atoms with E-state index in [0.717, 1.165) is 18.4 Å². The Morgan fingerprint density at radius 1 is 0.978 bits per heavy atom. The molecule has 3 aliphatic carbocycles.